The molecule has 0 aromatic heterocycles. The molecule has 2 aromatic carbocycles. The van der Waals surface area contributed by atoms with Crippen LogP contribution in [0, 0.1) is 21.4 Å². The van der Waals surface area contributed by atoms with Gasteiger partial charge in [0.2, 0.25) is 0 Å². The number of hydrogen-bond donors (Lipinski definition) is 1. The average Bonchev–Trinajstić information content (AvgIpc) is 2.62. The Morgan fingerprint density at radius 3 is 2.42 bits per heavy atom. The maximum absolute atomic E-state index is 11.1. The Hall–Kier alpha value is -3.07. The van der Waals surface area contributed by atoms with Crippen LogP contribution >= 0.6 is 0 Å². The van der Waals surface area contributed by atoms with Crippen LogP contribution < -0.4 is 4.90 Å². The number of nitro groups is 1. The molecule has 2 aromatic rings. The third-order valence-corrected chi connectivity index (χ3v) is 4.52. The molecule has 1 aliphatic heterocycles. The van der Waals surface area contributed by atoms with Gasteiger partial charge in [0, 0.05) is 24.8 Å². The van der Waals surface area contributed by atoms with Crippen LogP contribution in [0.25, 0.3) is 0 Å². The van der Waals surface area contributed by atoms with Crippen molar-refractivity contribution in [3.63, 3.8) is 0 Å². The summed E-state index contributed by atoms with van der Waals surface area (Å²) in [5.74, 6) is 0.691. The zero-order chi connectivity index (χ0) is 17.1. The van der Waals surface area contributed by atoms with Gasteiger partial charge in [0.25, 0.3) is 5.69 Å². The van der Waals surface area contributed by atoms with Crippen molar-refractivity contribution in [3.8, 4) is 11.8 Å². The van der Waals surface area contributed by atoms with Gasteiger partial charge in [-0.15, -0.1) is 0 Å². The fourth-order valence-electron chi connectivity index (χ4n) is 3.18. The molecule has 0 spiro atoms. The molecular formula is C18H17N3O3. The fraction of sp³-hybridized carbons (Fsp3) is 0.278. The number of nitriles is 1. The van der Waals surface area contributed by atoms with E-state index in [9.17, 15) is 15.2 Å². The standard InChI is InChI=1S/C18H17N3O3/c19-12-15-1-4-16(11-18(15)21(23)24)20-9-7-14(8-10-20)13-2-5-17(22)6-3-13/h1-6,11,14,22H,7-10H2. The van der Waals surface area contributed by atoms with Gasteiger partial charge < -0.3 is 10.0 Å². The third-order valence-electron chi connectivity index (χ3n) is 4.52. The maximum atomic E-state index is 11.1. The van der Waals surface area contributed by atoms with Gasteiger partial charge in [-0.05, 0) is 48.6 Å². The zero-order valence-corrected chi connectivity index (χ0v) is 13.1. The average molecular weight is 323 g/mol. The molecule has 0 bridgehead atoms. The Morgan fingerprint density at radius 2 is 1.83 bits per heavy atom. The van der Waals surface area contributed by atoms with Crippen LogP contribution in [-0.4, -0.2) is 23.1 Å². The summed E-state index contributed by atoms with van der Waals surface area (Å²) in [6, 6.07) is 13.9. The first-order valence-corrected chi connectivity index (χ1v) is 7.81. The van der Waals surface area contributed by atoms with Crippen LogP contribution in [0.15, 0.2) is 42.5 Å². The molecule has 122 valence electrons. The normalized spacial score (nSPS) is 15.0. The van der Waals surface area contributed by atoms with Crippen molar-refractivity contribution in [2.75, 3.05) is 18.0 Å². The van der Waals surface area contributed by atoms with Gasteiger partial charge >= 0.3 is 0 Å². The summed E-state index contributed by atoms with van der Waals surface area (Å²) in [5, 5.41) is 29.4. The number of nitrogens with zero attached hydrogens (tertiary/aromatic N) is 3. The summed E-state index contributed by atoms with van der Waals surface area (Å²) in [5.41, 5.74) is 1.93. The van der Waals surface area contributed by atoms with Crippen LogP contribution in [0.4, 0.5) is 11.4 Å². The summed E-state index contributed by atoms with van der Waals surface area (Å²) in [4.78, 5) is 12.7. The summed E-state index contributed by atoms with van der Waals surface area (Å²) < 4.78 is 0. The molecule has 6 nitrogen and oxygen atoms in total. The van der Waals surface area contributed by atoms with E-state index in [1.807, 2.05) is 18.2 Å². The highest BCUT2D eigenvalue weighted by atomic mass is 16.6. The van der Waals surface area contributed by atoms with E-state index in [-0.39, 0.29) is 17.0 Å². The van der Waals surface area contributed by atoms with Gasteiger partial charge in [-0.25, -0.2) is 0 Å². The second-order valence-electron chi connectivity index (χ2n) is 5.92. The number of piperidine rings is 1. The van der Waals surface area contributed by atoms with Crippen LogP contribution in [0.2, 0.25) is 0 Å². The van der Waals surface area contributed by atoms with Crippen molar-refractivity contribution in [1.82, 2.24) is 0 Å². The SMILES string of the molecule is N#Cc1ccc(N2CCC(c3ccc(O)cc3)CC2)cc1[N+](=O)[O-]. The van der Waals surface area contributed by atoms with Gasteiger partial charge in [-0.2, -0.15) is 5.26 Å². The number of phenols is 1. The molecule has 1 saturated heterocycles. The quantitative estimate of drug-likeness (QED) is 0.689. The van der Waals surface area contributed by atoms with E-state index in [2.05, 4.69) is 4.90 Å². The Kier molecular flexibility index (Phi) is 4.34. The summed E-state index contributed by atoms with van der Waals surface area (Å²) in [7, 11) is 0. The highest BCUT2D eigenvalue weighted by molar-refractivity contribution is 5.60. The van der Waals surface area contributed by atoms with E-state index in [1.165, 1.54) is 17.7 Å². The first-order chi connectivity index (χ1) is 11.6. The highest BCUT2D eigenvalue weighted by Crippen LogP contribution is 2.33. The zero-order valence-electron chi connectivity index (χ0n) is 13.1. The molecule has 0 amide bonds. The van der Waals surface area contributed by atoms with E-state index >= 15 is 0 Å². The van der Waals surface area contributed by atoms with Crippen molar-refractivity contribution < 1.29 is 10.0 Å². The second-order valence-corrected chi connectivity index (χ2v) is 5.92. The van der Waals surface area contributed by atoms with Gasteiger partial charge in [-0.1, -0.05) is 12.1 Å². The van der Waals surface area contributed by atoms with Crippen LogP contribution in [-0.2, 0) is 0 Å². The molecular weight excluding hydrogens is 306 g/mol. The van der Waals surface area contributed by atoms with E-state index in [0.29, 0.717) is 5.92 Å². The van der Waals surface area contributed by atoms with Gasteiger partial charge in [0.15, 0.2) is 0 Å². The summed E-state index contributed by atoms with van der Waals surface area (Å²) >= 11 is 0. The van der Waals surface area contributed by atoms with Crippen molar-refractivity contribution in [2.24, 2.45) is 0 Å². The first kappa shape index (κ1) is 15.8. The van der Waals surface area contributed by atoms with Gasteiger partial charge in [0.1, 0.15) is 17.4 Å². The molecule has 0 unspecified atom stereocenters. The number of hydrogen-bond acceptors (Lipinski definition) is 5. The van der Waals surface area contributed by atoms with Gasteiger partial charge in [-0.3, -0.25) is 10.1 Å². The van der Waals surface area contributed by atoms with Gasteiger partial charge in [0.05, 0.1) is 4.92 Å². The van der Waals surface area contributed by atoms with Crippen molar-refractivity contribution in [1.29, 1.82) is 5.26 Å². The van der Waals surface area contributed by atoms with Crippen LogP contribution in [0.1, 0.15) is 29.9 Å². The Labute approximate surface area is 139 Å². The lowest BCUT2D eigenvalue weighted by Crippen LogP contribution is -2.32. The highest BCUT2D eigenvalue weighted by Gasteiger charge is 2.23. The van der Waals surface area contributed by atoms with Crippen LogP contribution in [0.5, 0.6) is 5.75 Å². The lowest BCUT2D eigenvalue weighted by Gasteiger charge is -2.33. The smallest absolute Gasteiger partial charge is 0.289 e. The number of phenolic OH excluding ortho intramolecular Hbond substituents is 1. The molecule has 1 heterocycles. The predicted octanol–water partition coefficient (Wildman–Crippen LogP) is 3.56. The largest absolute Gasteiger partial charge is 0.508 e. The molecule has 24 heavy (non-hydrogen) atoms. The van der Waals surface area contributed by atoms with E-state index in [4.69, 9.17) is 5.26 Å². The van der Waals surface area contributed by atoms with Crippen molar-refractivity contribution in [3.05, 3.63) is 63.7 Å². The second kappa shape index (κ2) is 6.59. The summed E-state index contributed by atoms with van der Waals surface area (Å²) in [6.07, 6.45) is 1.89. The number of rotatable bonds is 3. The minimum atomic E-state index is -0.509. The van der Waals surface area contributed by atoms with E-state index < -0.39 is 4.92 Å². The minimum Gasteiger partial charge on any atom is -0.508 e. The number of nitro benzene ring substituents is 1. The lowest BCUT2D eigenvalue weighted by molar-refractivity contribution is -0.385. The number of benzene rings is 2. The minimum absolute atomic E-state index is 0.0859. The number of anilines is 1. The van der Waals surface area contributed by atoms with E-state index in [1.54, 1.807) is 18.2 Å². The molecule has 3 rings (SSSR count). The van der Waals surface area contributed by atoms with E-state index in [0.717, 1.165) is 31.6 Å². The molecule has 0 aliphatic carbocycles. The summed E-state index contributed by atoms with van der Waals surface area (Å²) in [6.45, 7) is 1.60. The molecule has 1 N–H and O–H groups in total. The van der Waals surface area contributed by atoms with Crippen molar-refractivity contribution in [2.45, 2.75) is 18.8 Å². The van der Waals surface area contributed by atoms with Crippen molar-refractivity contribution >= 4 is 11.4 Å². The maximum Gasteiger partial charge on any atom is 0.289 e. The third kappa shape index (κ3) is 3.15. The Balaban J connectivity index is 1.73. The first-order valence-electron chi connectivity index (χ1n) is 7.81. The number of aromatic hydroxyl groups is 1. The lowest BCUT2D eigenvalue weighted by atomic mass is 9.89. The molecule has 1 fully saturated rings. The Morgan fingerprint density at radius 1 is 1.17 bits per heavy atom. The monoisotopic (exact) mass is 323 g/mol. The molecule has 0 radical (unpaired) electrons. The topological polar surface area (TPSA) is 90.4 Å². The molecule has 0 atom stereocenters. The van der Waals surface area contributed by atoms with Crippen LogP contribution in [0.3, 0.4) is 0 Å². The predicted molar refractivity (Wildman–Crippen MR) is 90.1 cm³/mol. The fourth-order valence-corrected chi connectivity index (χ4v) is 3.18. The molecule has 1 aliphatic rings. The Bertz CT molecular complexity index is 788. The molecule has 0 saturated carbocycles. The molecule has 6 heteroatoms.